The van der Waals surface area contributed by atoms with Crippen LogP contribution < -0.4 is 15.0 Å². The molecule has 1 fully saturated rings. The van der Waals surface area contributed by atoms with E-state index in [1.807, 2.05) is 31.2 Å². The summed E-state index contributed by atoms with van der Waals surface area (Å²) < 4.78 is 17.2. The number of nitrogens with zero attached hydrogens (tertiary/aromatic N) is 2. The maximum atomic E-state index is 12.0. The maximum Gasteiger partial charge on any atom is 0.407 e. The lowest BCUT2D eigenvalue weighted by Crippen LogP contribution is -2.29. The molecule has 0 unspecified atom stereocenters. The summed E-state index contributed by atoms with van der Waals surface area (Å²) in [4.78, 5) is 30.2. The number of aryl methyl sites for hydroxylation is 2. The zero-order valence-corrected chi connectivity index (χ0v) is 23.6. The van der Waals surface area contributed by atoms with Crippen molar-refractivity contribution in [3.05, 3.63) is 65.0 Å². The molecule has 214 valence electrons. The largest absolute Gasteiger partial charge is 0.493 e. The number of hydrogen-bond donors (Lipinski definition) is 2. The SMILES string of the molecule is Cc1oc(-c2cccc(N3CCCCC3)c2)nc1CCOc1ccc(CCC(=O)O)c(CNC(=O)OC(C)C)c1. The summed E-state index contributed by atoms with van der Waals surface area (Å²) >= 11 is 0. The van der Waals surface area contributed by atoms with E-state index in [9.17, 15) is 9.59 Å². The molecule has 9 nitrogen and oxygen atoms in total. The standard InChI is InChI=1S/C31H39N3O6/c1-21(2)39-31(37)32-20-25-19-27(12-10-23(25)11-13-29(35)36)38-17-14-28-22(3)40-30(33-28)24-8-7-9-26(18-24)34-15-5-4-6-16-34/h7-10,12,18-19,21H,4-6,11,13-17,20H2,1-3H3,(H,32,37)(H,35,36). The molecular formula is C31H39N3O6. The molecule has 0 aliphatic carbocycles. The molecule has 3 aromatic rings. The molecule has 1 aliphatic rings. The number of piperidine rings is 1. The highest BCUT2D eigenvalue weighted by atomic mass is 16.6. The number of carbonyl (C=O) groups excluding carboxylic acids is 1. The van der Waals surface area contributed by atoms with Crippen LogP contribution in [0.5, 0.6) is 5.75 Å². The van der Waals surface area contributed by atoms with E-state index in [-0.39, 0.29) is 19.1 Å². The topological polar surface area (TPSA) is 114 Å². The van der Waals surface area contributed by atoms with Gasteiger partial charge in [-0.1, -0.05) is 12.1 Å². The van der Waals surface area contributed by atoms with Crippen molar-refractivity contribution in [2.24, 2.45) is 0 Å². The van der Waals surface area contributed by atoms with Crippen LogP contribution >= 0.6 is 0 Å². The molecule has 1 saturated heterocycles. The second kappa shape index (κ2) is 13.9. The van der Waals surface area contributed by atoms with E-state index in [1.165, 1.54) is 24.9 Å². The summed E-state index contributed by atoms with van der Waals surface area (Å²) in [5, 5.41) is 11.8. The Morgan fingerprint density at radius 2 is 1.88 bits per heavy atom. The molecular weight excluding hydrogens is 510 g/mol. The van der Waals surface area contributed by atoms with Crippen LogP contribution in [0.3, 0.4) is 0 Å². The number of carboxylic acids is 1. The van der Waals surface area contributed by atoms with Crippen LogP contribution in [0.15, 0.2) is 46.9 Å². The fourth-order valence-corrected chi connectivity index (χ4v) is 4.80. The molecule has 1 aromatic heterocycles. The number of anilines is 1. The van der Waals surface area contributed by atoms with Crippen molar-refractivity contribution in [3.63, 3.8) is 0 Å². The molecule has 2 heterocycles. The first-order valence-electron chi connectivity index (χ1n) is 14.0. The van der Waals surface area contributed by atoms with Crippen LogP contribution in [-0.2, 0) is 28.9 Å². The smallest absolute Gasteiger partial charge is 0.407 e. The van der Waals surface area contributed by atoms with Gasteiger partial charge in [-0.2, -0.15) is 0 Å². The molecule has 0 radical (unpaired) electrons. The highest BCUT2D eigenvalue weighted by Gasteiger charge is 2.16. The number of nitrogens with one attached hydrogen (secondary N) is 1. The van der Waals surface area contributed by atoms with Crippen molar-refractivity contribution in [3.8, 4) is 17.2 Å². The van der Waals surface area contributed by atoms with Crippen molar-refractivity contribution in [2.75, 3.05) is 24.6 Å². The second-order valence-corrected chi connectivity index (χ2v) is 10.4. The van der Waals surface area contributed by atoms with Gasteiger partial charge in [0.25, 0.3) is 0 Å². The Labute approximate surface area is 235 Å². The minimum absolute atomic E-state index is 0.00163. The van der Waals surface area contributed by atoms with Gasteiger partial charge in [0.05, 0.1) is 18.4 Å². The molecule has 1 amide bonds. The third-order valence-corrected chi connectivity index (χ3v) is 6.87. The predicted octanol–water partition coefficient (Wildman–Crippen LogP) is 5.91. The third kappa shape index (κ3) is 8.24. The molecule has 0 saturated carbocycles. The van der Waals surface area contributed by atoms with E-state index in [1.54, 1.807) is 13.8 Å². The van der Waals surface area contributed by atoms with Gasteiger partial charge in [-0.3, -0.25) is 4.79 Å². The summed E-state index contributed by atoms with van der Waals surface area (Å²) in [6.07, 6.45) is 3.89. The number of carboxylic acid groups (broad SMARTS) is 1. The minimum atomic E-state index is -0.876. The fraction of sp³-hybridized carbons (Fsp3) is 0.452. The van der Waals surface area contributed by atoms with Crippen LogP contribution in [0.1, 0.15) is 62.1 Å². The van der Waals surface area contributed by atoms with E-state index in [0.717, 1.165) is 41.2 Å². The van der Waals surface area contributed by atoms with Crippen molar-refractivity contribution >= 4 is 17.7 Å². The Kier molecular flexibility index (Phi) is 10.0. The second-order valence-electron chi connectivity index (χ2n) is 10.4. The summed E-state index contributed by atoms with van der Waals surface area (Å²) in [6.45, 7) is 8.22. The first-order valence-corrected chi connectivity index (χ1v) is 14.0. The van der Waals surface area contributed by atoms with Gasteiger partial charge in [0.2, 0.25) is 5.89 Å². The number of oxazole rings is 1. The molecule has 40 heavy (non-hydrogen) atoms. The van der Waals surface area contributed by atoms with Crippen LogP contribution in [0.2, 0.25) is 0 Å². The summed E-state index contributed by atoms with van der Waals surface area (Å²) in [6, 6.07) is 13.9. The zero-order valence-electron chi connectivity index (χ0n) is 23.6. The number of aromatic nitrogens is 1. The van der Waals surface area contributed by atoms with Crippen LogP contribution in [-0.4, -0.2) is 48.0 Å². The number of alkyl carbamates (subject to hydrolysis) is 1. The van der Waals surface area contributed by atoms with Gasteiger partial charge in [0, 0.05) is 43.7 Å². The number of amides is 1. The van der Waals surface area contributed by atoms with Gasteiger partial charge in [0.15, 0.2) is 0 Å². The summed E-state index contributed by atoms with van der Waals surface area (Å²) in [5.74, 6) is 1.12. The Morgan fingerprint density at radius 3 is 2.62 bits per heavy atom. The van der Waals surface area contributed by atoms with E-state index >= 15 is 0 Å². The number of rotatable bonds is 12. The number of ether oxygens (including phenoxy) is 2. The Hall–Kier alpha value is -4.01. The first-order chi connectivity index (χ1) is 19.3. The molecule has 4 rings (SSSR count). The van der Waals surface area contributed by atoms with Crippen LogP contribution in [0.25, 0.3) is 11.5 Å². The number of aliphatic carboxylic acids is 1. The van der Waals surface area contributed by atoms with Gasteiger partial charge in [-0.25, -0.2) is 9.78 Å². The number of carbonyl (C=O) groups is 2. The van der Waals surface area contributed by atoms with Gasteiger partial charge in [-0.15, -0.1) is 0 Å². The lowest BCUT2D eigenvalue weighted by Gasteiger charge is -2.28. The Bertz CT molecular complexity index is 1300. The first kappa shape index (κ1) is 29.0. The maximum absolute atomic E-state index is 12.0. The van der Waals surface area contributed by atoms with Gasteiger partial charge in [0.1, 0.15) is 11.5 Å². The van der Waals surface area contributed by atoms with Gasteiger partial charge >= 0.3 is 12.1 Å². The molecule has 0 atom stereocenters. The Balaban J connectivity index is 1.39. The molecule has 2 aromatic carbocycles. The van der Waals surface area contributed by atoms with E-state index in [0.29, 0.717) is 31.1 Å². The number of benzene rings is 2. The molecule has 2 N–H and O–H groups in total. The summed E-state index contributed by atoms with van der Waals surface area (Å²) in [5.41, 5.74) is 4.63. The van der Waals surface area contributed by atoms with Crippen LogP contribution in [0, 0.1) is 6.92 Å². The van der Waals surface area contributed by atoms with Crippen molar-refractivity contribution < 1.29 is 28.6 Å². The zero-order chi connectivity index (χ0) is 28.5. The van der Waals surface area contributed by atoms with Crippen molar-refractivity contribution in [1.29, 1.82) is 0 Å². The van der Waals surface area contributed by atoms with Gasteiger partial charge < -0.3 is 29.2 Å². The third-order valence-electron chi connectivity index (χ3n) is 6.87. The lowest BCUT2D eigenvalue weighted by molar-refractivity contribution is -0.136. The average molecular weight is 550 g/mol. The fourth-order valence-electron chi connectivity index (χ4n) is 4.80. The highest BCUT2D eigenvalue weighted by Crippen LogP contribution is 2.28. The molecule has 9 heteroatoms. The quantitative estimate of drug-likeness (QED) is 0.286. The van der Waals surface area contributed by atoms with Crippen molar-refractivity contribution in [1.82, 2.24) is 10.3 Å². The molecule has 0 spiro atoms. The van der Waals surface area contributed by atoms with Gasteiger partial charge in [-0.05, 0) is 87.9 Å². The van der Waals surface area contributed by atoms with E-state index in [4.69, 9.17) is 24.0 Å². The Morgan fingerprint density at radius 1 is 1.07 bits per heavy atom. The number of hydrogen-bond acceptors (Lipinski definition) is 7. The summed E-state index contributed by atoms with van der Waals surface area (Å²) in [7, 11) is 0. The highest BCUT2D eigenvalue weighted by molar-refractivity contribution is 5.68. The van der Waals surface area contributed by atoms with E-state index < -0.39 is 12.1 Å². The van der Waals surface area contributed by atoms with Crippen molar-refractivity contribution in [2.45, 2.75) is 71.9 Å². The predicted molar refractivity (Wildman–Crippen MR) is 153 cm³/mol. The monoisotopic (exact) mass is 549 g/mol. The van der Waals surface area contributed by atoms with Crippen LogP contribution in [0.4, 0.5) is 10.5 Å². The average Bonchev–Trinajstić information content (AvgIpc) is 3.31. The minimum Gasteiger partial charge on any atom is -0.493 e. The van der Waals surface area contributed by atoms with E-state index in [2.05, 4.69) is 28.4 Å². The normalized spacial score (nSPS) is 13.3. The molecule has 0 bridgehead atoms. The molecule has 1 aliphatic heterocycles. The lowest BCUT2D eigenvalue weighted by atomic mass is 10.0.